The van der Waals surface area contributed by atoms with Crippen molar-refractivity contribution in [2.75, 3.05) is 19.7 Å². The van der Waals surface area contributed by atoms with Gasteiger partial charge >= 0.3 is 6.18 Å². The number of aliphatic hydroxyl groups is 1. The van der Waals surface area contributed by atoms with Gasteiger partial charge in [0.15, 0.2) is 0 Å². The van der Waals surface area contributed by atoms with Crippen LogP contribution in [0.15, 0.2) is 18.3 Å². The number of aliphatic hydroxyl groups excluding tert-OH is 1. The van der Waals surface area contributed by atoms with E-state index in [9.17, 15) is 26.7 Å². The van der Waals surface area contributed by atoms with E-state index in [0.717, 1.165) is 6.07 Å². The standard InChI is InChI=1S/C11H11F5N2O2/c12-9(13)6-18(3-4-19)10(20)8-2-1-7(5-17-8)11(14,15)16/h1-2,5,9,19H,3-4,6H2. The third kappa shape index (κ3) is 4.41. The Morgan fingerprint density at radius 1 is 1.35 bits per heavy atom. The molecule has 0 aliphatic rings. The SMILES string of the molecule is O=C(c1ccc(C(F)(F)F)cn1)N(CCO)CC(F)F. The minimum atomic E-state index is -4.59. The fraction of sp³-hybridized carbons (Fsp3) is 0.455. The first-order valence-electron chi connectivity index (χ1n) is 5.47. The molecule has 112 valence electrons. The number of carbonyl (C=O) groups excluding carboxylic acids is 1. The lowest BCUT2D eigenvalue weighted by Gasteiger charge is -2.20. The van der Waals surface area contributed by atoms with Crippen molar-refractivity contribution in [3.63, 3.8) is 0 Å². The number of carbonyl (C=O) groups is 1. The van der Waals surface area contributed by atoms with Crippen molar-refractivity contribution in [1.29, 1.82) is 0 Å². The Bertz CT molecular complexity index is 447. The number of hydrogen-bond donors (Lipinski definition) is 1. The Labute approximate surface area is 110 Å². The molecule has 1 N–H and O–H groups in total. The Hall–Kier alpha value is -1.77. The highest BCUT2D eigenvalue weighted by Gasteiger charge is 2.31. The van der Waals surface area contributed by atoms with Gasteiger partial charge in [-0.05, 0) is 12.1 Å². The Kier molecular flexibility index (Phi) is 5.37. The van der Waals surface area contributed by atoms with Crippen molar-refractivity contribution in [3.8, 4) is 0 Å². The van der Waals surface area contributed by atoms with Gasteiger partial charge in [-0.3, -0.25) is 9.78 Å². The molecule has 9 heteroatoms. The molecule has 20 heavy (non-hydrogen) atoms. The number of alkyl halides is 5. The lowest BCUT2D eigenvalue weighted by Crippen LogP contribution is -2.37. The summed E-state index contributed by atoms with van der Waals surface area (Å²) in [4.78, 5) is 15.7. The highest BCUT2D eigenvalue weighted by Crippen LogP contribution is 2.28. The van der Waals surface area contributed by atoms with Crippen LogP contribution in [-0.4, -0.2) is 47.0 Å². The van der Waals surface area contributed by atoms with Crippen LogP contribution in [0.5, 0.6) is 0 Å². The van der Waals surface area contributed by atoms with Crippen LogP contribution in [0.25, 0.3) is 0 Å². The van der Waals surface area contributed by atoms with E-state index in [4.69, 9.17) is 5.11 Å². The van der Waals surface area contributed by atoms with Gasteiger partial charge in [-0.15, -0.1) is 0 Å². The van der Waals surface area contributed by atoms with E-state index in [1.807, 2.05) is 0 Å². The van der Waals surface area contributed by atoms with E-state index < -0.39 is 42.9 Å². The Morgan fingerprint density at radius 3 is 2.40 bits per heavy atom. The second-order valence-electron chi connectivity index (χ2n) is 3.80. The van der Waals surface area contributed by atoms with Gasteiger partial charge in [-0.1, -0.05) is 0 Å². The summed E-state index contributed by atoms with van der Waals surface area (Å²) in [5.41, 5.74) is -1.44. The summed E-state index contributed by atoms with van der Waals surface area (Å²) in [5, 5.41) is 8.69. The zero-order valence-corrected chi connectivity index (χ0v) is 10.1. The average Bonchev–Trinajstić information content (AvgIpc) is 2.36. The monoisotopic (exact) mass is 298 g/mol. The number of aromatic nitrogens is 1. The van der Waals surface area contributed by atoms with Crippen molar-refractivity contribution in [2.45, 2.75) is 12.6 Å². The molecule has 1 rings (SSSR count). The molecule has 0 atom stereocenters. The molecule has 1 aromatic rings. The smallest absolute Gasteiger partial charge is 0.395 e. The summed E-state index contributed by atoms with van der Waals surface area (Å²) in [5.74, 6) is -0.965. The third-order valence-corrected chi connectivity index (χ3v) is 2.33. The Balaban J connectivity index is 2.89. The second-order valence-corrected chi connectivity index (χ2v) is 3.80. The summed E-state index contributed by atoms with van der Waals surface area (Å²) in [6, 6.07) is 1.45. The van der Waals surface area contributed by atoms with Gasteiger partial charge in [0.05, 0.1) is 18.7 Å². The highest BCUT2D eigenvalue weighted by atomic mass is 19.4. The molecule has 0 saturated heterocycles. The number of nitrogens with zero attached hydrogens (tertiary/aromatic N) is 2. The predicted octanol–water partition coefficient (Wildman–Crippen LogP) is 1.80. The van der Waals surface area contributed by atoms with Crippen LogP contribution in [0.4, 0.5) is 22.0 Å². The molecule has 0 aromatic carbocycles. The number of pyridine rings is 1. The van der Waals surface area contributed by atoms with Crippen LogP contribution in [0.2, 0.25) is 0 Å². The molecule has 0 bridgehead atoms. The fourth-order valence-corrected chi connectivity index (χ4v) is 1.41. The topological polar surface area (TPSA) is 53.4 Å². The average molecular weight is 298 g/mol. The van der Waals surface area contributed by atoms with Crippen LogP contribution in [0, 0.1) is 0 Å². The van der Waals surface area contributed by atoms with Crippen LogP contribution in [0.1, 0.15) is 16.1 Å². The van der Waals surface area contributed by atoms with E-state index in [-0.39, 0.29) is 6.54 Å². The van der Waals surface area contributed by atoms with Crippen LogP contribution in [-0.2, 0) is 6.18 Å². The number of rotatable bonds is 5. The normalized spacial score (nSPS) is 11.8. The molecule has 0 fully saturated rings. The summed E-state index contributed by atoms with van der Waals surface area (Å²) >= 11 is 0. The van der Waals surface area contributed by atoms with Crippen LogP contribution in [0.3, 0.4) is 0 Å². The van der Waals surface area contributed by atoms with Gasteiger partial charge in [-0.25, -0.2) is 8.78 Å². The van der Waals surface area contributed by atoms with Gasteiger partial charge in [0.2, 0.25) is 0 Å². The lowest BCUT2D eigenvalue weighted by molar-refractivity contribution is -0.137. The molecule has 0 unspecified atom stereocenters. The largest absolute Gasteiger partial charge is 0.417 e. The summed E-state index contributed by atoms with van der Waals surface area (Å²) < 4.78 is 61.4. The van der Waals surface area contributed by atoms with E-state index in [0.29, 0.717) is 17.2 Å². The van der Waals surface area contributed by atoms with Crippen LogP contribution < -0.4 is 0 Å². The number of halogens is 5. The van der Waals surface area contributed by atoms with E-state index >= 15 is 0 Å². The van der Waals surface area contributed by atoms with E-state index in [1.165, 1.54) is 0 Å². The quantitative estimate of drug-likeness (QED) is 0.843. The molecular weight excluding hydrogens is 287 g/mol. The molecule has 0 radical (unpaired) electrons. The van der Waals surface area contributed by atoms with E-state index in [1.54, 1.807) is 0 Å². The first-order valence-corrected chi connectivity index (χ1v) is 5.47. The second kappa shape index (κ2) is 6.60. The van der Waals surface area contributed by atoms with Gasteiger partial charge < -0.3 is 10.0 Å². The molecule has 4 nitrogen and oxygen atoms in total. The molecule has 0 saturated carbocycles. The molecule has 1 amide bonds. The van der Waals surface area contributed by atoms with E-state index in [2.05, 4.69) is 4.98 Å². The zero-order chi connectivity index (χ0) is 15.3. The maximum Gasteiger partial charge on any atom is 0.417 e. The van der Waals surface area contributed by atoms with Crippen molar-refractivity contribution in [3.05, 3.63) is 29.6 Å². The van der Waals surface area contributed by atoms with Gasteiger partial charge in [-0.2, -0.15) is 13.2 Å². The van der Waals surface area contributed by atoms with Crippen molar-refractivity contribution in [1.82, 2.24) is 9.88 Å². The molecule has 1 aromatic heterocycles. The zero-order valence-electron chi connectivity index (χ0n) is 10.1. The van der Waals surface area contributed by atoms with Crippen molar-refractivity contribution >= 4 is 5.91 Å². The predicted molar refractivity (Wildman–Crippen MR) is 58.2 cm³/mol. The molecule has 0 aliphatic heterocycles. The molecule has 0 spiro atoms. The van der Waals surface area contributed by atoms with Crippen molar-refractivity contribution in [2.24, 2.45) is 0 Å². The Morgan fingerprint density at radius 2 is 2.00 bits per heavy atom. The van der Waals surface area contributed by atoms with Gasteiger partial charge in [0.1, 0.15) is 5.69 Å². The summed E-state index contributed by atoms with van der Waals surface area (Å²) in [6.45, 7) is -1.83. The van der Waals surface area contributed by atoms with Crippen LogP contribution >= 0.6 is 0 Å². The molecule has 0 aliphatic carbocycles. The number of amides is 1. The summed E-state index contributed by atoms with van der Waals surface area (Å²) in [6.07, 6.45) is -6.96. The van der Waals surface area contributed by atoms with Gasteiger partial charge in [0, 0.05) is 12.7 Å². The minimum Gasteiger partial charge on any atom is -0.395 e. The molecule has 1 heterocycles. The maximum atomic E-state index is 12.3. The number of hydrogen-bond acceptors (Lipinski definition) is 3. The minimum absolute atomic E-state index is 0.355. The third-order valence-electron chi connectivity index (χ3n) is 2.33. The summed E-state index contributed by atoms with van der Waals surface area (Å²) in [7, 11) is 0. The highest BCUT2D eigenvalue weighted by molar-refractivity contribution is 5.92. The van der Waals surface area contributed by atoms with Crippen molar-refractivity contribution < 1.29 is 31.9 Å². The molecular formula is C11H11F5N2O2. The first kappa shape index (κ1) is 16.3. The lowest BCUT2D eigenvalue weighted by atomic mass is 10.2. The first-order chi connectivity index (χ1) is 9.25. The maximum absolute atomic E-state index is 12.3. The fourth-order valence-electron chi connectivity index (χ4n) is 1.41. The van der Waals surface area contributed by atoms with Gasteiger partial charge in [0.25, 0.3) is 12.3 Å².